The van der Waals surface area contributed by atoms with E-state index in [1.807, 2.05) is 37.3 Å². The van der Waals surface area contributed by atoms with E-state index in [2.05, 4.69) is 10.2 Å². The van der Waals surface area contributed by atoms with Gasteiger partial charge in [0.05, 0.1) is 0 Å². The highest BCUT2D eigenvalue weighted by molar-refractivity contribution is 7.86. The van der Waals surface area contributed by atoms with E-state index in [4.69, 9.17) is 11.6 Å². The van der Waals surface area contributed by atoms with Gasteiger partial charge in [-0.15, -0.1) is 0 Å². The first kappa shape index (κ1) is 21.3. The fraction of sp³-hybridized carbons (Fsp3) is 0.333. The summed E-state index contributed by atoms with van der Waals surface area (Å²) in [7, 11) is -1.56. The lowest BCUT2D eigenvalue weighted by Gasteiger charge is -2.36. The Kier molecular flexibility index (Phi) is 7.28. The summed E-state index contributed by atoms with van der Waals surface area (Å²) in [4.78, 5) is 28.5. The molecule has 2 aromatic rings. The number of para-hydroxylation sites is 1. The zero-order valence-corrected chi connectivity index (χ0v) is 17.8. The Hall–Kier alpha value is -2.38. The van der Waals surface area contributed by atoms with Crippen molar-refractivity contribution < 1.29 is 13.8 Å². The Morgan fingerprint density at radius 2 is 1.72 bits per heavy atom. The standard InChI is InChI=1S/C21H24ClN3O3S/c1-16-7-8-17(13-19(16)22)23-20(26)14-29(28)15-21(27)25-11-9-24(10-12-25)18-5-3-2-4-6-18/h2-8,13H,9-12,14-15H2,1H3,(H,23,26)/t29-/m0/s1. The summed E-state index contributed by atoms with van der Waals surface area (Å²) in [6.07, 6.45) is 0. The number of nitrogens with one attached hydrogen (secondary N) is 1. The minimum atomic E-state index is -1.56. The molecule has 0 aromatic heterocycles. The molecule has 1 fully saturated rings. The molecule has 0 saturated carbocycles. The molecule has 154 valence electrons. The zero-order chi connectivity index (χ0) is 20.8. The van der Waals surface area contributed by atoms with Crippen LogP contribution in [0.2, 0.25) is 5.02 Å². The lowest BCUT2D eigenvalue weighted by atomic mass is 10.2. The molecule has 1 saturated heterocycles. The Bertz CT molecular complexity index is 899. The number of hydrogen-bond acceptors (Lipinski definition) is 4. The van der Waals surface area contributed by atoms with E-state index in [0.29, 0.717) is 23.8 Å². The van der Waals surface area contributed by atoms with Gasteiger partial charge in [0, 0.05) is 53.4 Å². The Labute approximate surface area is 178 Å². The molecule has 8 heteroatoms. The average Bonchev–Trinajstić information content (AvgIpc) is 2.71. The van der Waals surface area contributed by atoms with E-state index in [-0.39, 0.29) is 17.4 Å². The molecule has 2 amide bonds. The molecule has 0 spiro atoms. The second-order valence-corrected chi connectivity index (χ2v) is 8.81. The monoisotopic (exact) mass is 433 g/mol. The second kappa shape index (κ2) is 9.89. The van der Waals surface area contributed by atoms with E-state index in [1.54, 1.807) is 23.1 Å². The van der Waals surface area contributed by atoms with E-state index in [0.717, 1.165) is 24.3 Å². The lowest BCUT2D eigenvalue weighted by Crippen LogP contribution is -2.50. The van der Waals surface area contributed by atoms with Gasteiger partial charge in [-0.2, -0.15) is 0 Å². The van der Waals surface area contributed by atoms with Crippen LogP contribution in [0.5, 0.6) is 0 Å². The van der Waals surface area contributed by atoms with Gasteiger partial charge in [-0.05, 0) is 36.8 Å². The molecule has 0 unspecified atom stereocenters. The van der Waals surface area contributed by atoms with E-state index >= 15 is 0 Å². The van der Waals surface area contributed by atoms with Gasteiger partial charge in [0.1, 0.15) is 11.5 Å². The lowest BCUT2D eigenvalue weighted by molar-refractivity contribution is -0.128. The first-order valence-corrected chi connectivity index (χ1v) is 11.3. The molecular weight excluding hydrogens is 410 g/mol. The van der Waals surface area contributed by atoms with Crippen molar-refractivity contribution in [3.05, 3.63) is 59.1 Å². The number of anilines is 2. The van der Waals surface area contributed by atoms with Crippen molar-refractivity contribution in [3.8, 4) is 0 Å². The molecule has 1 atom stereocenters. The van der Waals surface area contributed by atoms with E-state index in [1.165, 1.54) is 0 Å². The topological polar surface area (TPSA) is 69.7 Å². The summed E-state index contributed by atoms with van der Waals surface area (Å²) >= 11 is 6.04. The van der Waals surface area contributed by atoms with Crippen molar-refractivity contribution in [2.24, 2.45) is 0 Å². The van der Waals surface area contributed by atoms with Crippen molar-refractivity contribution in [2.75, 3.05) is 47.9 Å². The molecule has 0 radical (unpaired) electrons. The number of nitrogens with zero attached hydrogens (tertiary/aromatic N) is 2. The highest BCUT2D eigenvalue weighted by Crippen LogP contribution is 2.20. The molecular formula is C21H24ClN3O3S. The number of hydrogen-bond donors (Lipinski definition) is 1. The quantitative estimate of drug-likeness (QED) is 0.760. The molecule has 6 nitrogen and oxygen atoms in total. The Morgan fingerprint density at radius 3 is 2.38 bits per heavy atom. The molecule has 3 rings (SSSR count). The van der Waals surface area contributed by atoms with Crippen LogP contribution in [0.15, 0.2) is 48.5 Å². The van der Waals surface area contributed by atoms with Gasteiger partial charge in [-0.1, -0.05) is 35.9 Å². The van der Waals surface area contributed by atoms with Crippen LogP contribution in [0.4, 0.5) is 11.4 Å². The smallest absolute Gasteiger partial charge is 0.237 e. The Balaban J connectivity index is 1.44. The van der Waals surface area contributed by atoms with Crippen LogP contribution >= 0.6 is 11.6 Å². The van der Waals surface area contributed by atoms with Crippen LogP contribution in [0.1, 0.15) is 5.56 Å². The highest BCUT2D eigenvalue weighted by atomic mass is 35.5. The van der Waals surface area contributed by atoms with Gasteiger partial charge < -0.3 is 15.1 Å². The summed E-state index contributed by atoms with van der Waals surface area (Å²) in [5, 5.41) is 3.22. The largest absolute Gasteiger partial charge is 0.368 e. The van der Waals surface area contributed by atoms with Crippen LogP contribution in [-0.2, 0) is 20.4 Å². The van der Waals surface area contributed by atoms with Gasteiger partial charge in [0.2, 0.25) is 11.8 Å². The number of piperazine rings is 1. The summed E-state index contributed by atoms with van der Waals surface area (Å²) in [5.74, 6) is -0.943. The molecule has 0 bridgehead atoms. The molecule has 1 heterocycles. The second-order valence-electron chi connectivity index (χ2n) is 6.94. The van der Waals surface area contributed by atoms with Crippen LogP contribution in [-0.4, -0.2) is 58.6 Å². The molecule has 2 aromatic carbocycles. The summed E-state index contributed by atoms with van der Waals surface area (Å²) in [6, 6.07) is 15.2. The zero-order valence-electron chi connectivity index (χ0n) is 16.3. The molecule has 0 aliphatic carbocycles. The maximum atomic E-state index is 12.4. The minimum absolute atomic E-state index is 0.145. The first-order valence-electron chi connectivity index (χ1n) is 9.41. The van der Waals surface area contributed by atoms with Crippen molar-refractivity contribution >= 4 is 45.6 Å². The van der Waals surface area contributed by atoms with Gasteiger partial charge in [0.25, 0.3) is 0 Å². The number of benzene rings is 2. The Morgan fingerprint density at radius 1 is 1.03 bits per heavy atom. The highest BCUT2D eigenvalue weighted by Gasteiger charge is 2.23. The predicted molar refractivity (Wildman–Crippen MR) is 118 cm³/mol. The van der Waals surface area contributed by atoms with Crippen LogP contribution in [0, 0.1) is 6.92 Å². The van der Waals surface area contributed by atoms with Crippen molar-refractivity contribution in [2.45, 2.75) is 6.92 Å². The van der Waals surface area contributed by atoms with Crippen LogP contribution in [0.25, 0.3) is 0 Å². The number of rotatable bonds is 6. The normalized spacial score (nSPS) is 15.1. The van der Waals surface area contributed by atoms with E-state index < -0.39 is 16.7 Å². The van der Waals surface area contributed by atoms with Gasteiger partial charge in [0.15, 0.2) is 0 Å². The summed E-state index contributed by atoms with van der Waals surface area (Å²) < 4.78 is 12.3. The number of carbonyl (C=O) groups is 2. The van der Waals surface area contributed by atoms with Crippen molar-refractivity contribution in [3.63, 3.8) is 0 Å². The number of carbonyl (C=O) groups excluding carboxylic acids is 2. The third-order valence-corrected chi connectivity index (χ3v) is 6.35. The van der Waals surface area contributed by atoms with Crippen LogP contribution < -0.4 is 10.2 Å². The van der Waals surface area contributed by atoms with Crippen LogP contribution in [0.3, 0.4) is 0 Å². The average molecular weight is 434 g/mol. The summed E-state index contributed by atoms with van der Waals surface area (Å²) in [5.41, 5.74) is 2.59. The fourth-order valence-corrected chi connectivity index (χ4v) is 4.25. The molecule has 1 N–H and O–H groups in total. The number of aryl methyl sites for hydroxylation is 1. The third-order valence-electron chi connectivity index (χ3n) is 4.79. The maximum absolute atomic E-state index is 12.4. The van der Waals surface area contributed by atoms with E-state index in [9.17, 15) is 13.8 Å². The maximum Gasteiger partial charge on any atom is 0.237 e. The summed E-state index contributed by atoms with van der Waals surface area (Å²) in [6.45, 7) is 4.50. The minimum Gasteiger partial charge on any atom is -0.368 e. The molecule has 1 aliphatic rings. The molecule has 29 heavy (non-hydrogen) atoms. The van der Waals surface area contributed by atoms with Crippen molar-refractivity contribution in [1.29, 1.82) is 0 Å². The first-order chi connectivity index (χ1) is 13.9. The predicted octanol–water partition coefficient (Wildman–Crippen LogP) is 2.68. The number of halogens is 1. The fourth-order valence-electron chi connectivity index (χ4n) is 3.15. The third kappa shape index (κ3) is 6.05. The SMILES string of the molecule is Cc1ccc(NC(=O)C[S@](=O)CC(=O)N2CCN(c3ccccc3)CC2)cc1Cl. The molecule has 1 aliphatic heterocycles. The number of amides is 2. The van der Waals surface area contributed by atoms with Gasteiger partial charge in [-0.3, -0.25) is 13.8 Å². The van der Waals surface area contributed by atoms with Gasteiger partial charge >= 0.3 is 0 Å². The van der Waals surface area contributed by atoms with Crippen molar-refractivity contribution in [1.82, 2.24) is 4.90 Å². The van der Waals surface area contributed by atoms with Gasteiger partial charge in [-0.25, -0.2) is 0 Å².